The van der Waals surface area contributed by atoms with Gasteiger partial charge in [-0.25, -0.2) is 0 Å². The van der Waals surface area contributed by atoms with Gasteiger partial charge in [0.2, 0.25) is 5.91 Å². The van der Waals surface area contributed by atoms with Crippen molar-refractivity contribution in [3.63, 3.8) is 0 Å². The normalized spacial score (nSPS) is 11.2. The number of carbonyl (C=O) groups excluding carboxylic acids is 1. The largest absolute Gasteiger partial charge is 0.396 e. The lowest BCUT2D eigenvalue weighted by Gasteiger charge is -2.03. The van der Waals surface area contributed by atoms with Crippen molar-refractivity contribution in [1.29, 1.82) is 0 Å². The quantitative estimate of drug-likeness (QED) is 0.603. The van der Waals surface area contributed by atoms with E-state index in [1.165, 1.54) is 6.08 Å². The highest BCUT2D eigenvalue weighted by Crippen LogP contribution is 2.09. The Morgan fingerprint density at radius 1 is 1.29 bits per heavy atom. The topological polar surface area (TPSA) is 49.3 Å². The maximum Gasteiger partial charge on any atom is 0.248 e. The maximum absolute atomic E-state index is 11.4. The summed E-state index contributed by atoms with van der Waals surface area (Å²) in [5, 5.41) is 11.5. The van der Waals surface area contributed by atoms with Crippen LogP contribution in [0.4, 0.5) is 5.69 Å². The molecule has 0 radical (unpaired) electrons. The van der Waals surface area contributed by atoms with Crippen molar-refractivity contribution in [2.75, 3.05) is 11.9 Å². The minimum atomic E-state index is -0.155. The molecule has 1 aromatic rings. The van der Waals surface area contributed by atoms with Gasteiger partial charge in [0.15, 0.2) is 0 Å². The molecule has 2 N–H and O–H groups in total. The number of amides is 1. The van der Waals surface area contributed by atoms with Crippen LogP contribution in [0.5, 0.6) is 0 Å². The van der Waals surface area contributed by atoms with E-state index in [2.05, 4.69) is 5.32 Å². The molecule has 3 nitrogen and oxygen atoms in total. The second-order valence-corrected chi connectivity index (χ2v) is 3.54. The van der Waals surface area contributed by atoms with Crippen molar-refractivity contribution in [2.45, 2.75) is 13.3 Å². The highest BCUT2D eigenvalue weighted by Gasteiger charge is 1.97. The molecule has 17 heavy (non-hydrogen) atoms. The van der Waals surface area contributed by atoms with Crippen molar-refractivity contribution in [3.05, 3.63) is 54.1 Å². The first-order valence-corrected chi connectivity index (χ1v) is 5.56. The van der Waals surface area contributed by atoms with Gasteiger partial charge in [0.25, 0.3) is 0 Å². The molecule has 0 aliphatic rings. The summed E-state index contributed by atoms with van der Waals surface area (Å²) < 4.78 is 0. The van der Waals surface area contributed by atoms with Gasteiger partial charge in [0.05, 0.1) is 0 Å². The number of allylic oxidation sites excluding steroid dienone is 3. The van der Waals surface area contributed by atoms with Crippen molar-refractivity contribution in [3.8, 4) is 0 Å². The number of nitrogens with one attached hydrogen (secondary N) is 1. The lowest BCUT2D eigenvalue weighted by atomic mass is 10.1. The highest BCUT2D eigenvalue weighted by atomic mass is 16.2. The highest BCUT2D eigenvalue weighted by molar-refractivity contribution is 5.99. The SMILES string of the molecule is C/C=C/C=C/C(=O)Nc1ccc(CCO)cc1. The first kappa shape index (κ1) is 13.2. The average molecular weight is 231 g/mol. The van der Waals surface area contributed by atoms with Gasteiger partial charge in [-0.15, -0.1) is 0 Å². The lowest BCUT2D eigenvalue weighted by molar-refractivity contribution is -0.111. The van der Waals surface area contributed by atoms with Crippen LogP contribution in [0.2, 0.25) is 0 Å². The number of rotatable bonds is 5. The van der Waals surface area contributed by atoms with E-state index in [-0.39, 0.29) is 12.5 Å². The van der Waals surface area contributed by atoms with E-state index >= 15 is 0 Å². The molecule has 1 amide bonds. The van der Waals surface area contributed by atoms with E-state index in [9.17, 15) is 4.79 Å². The Morgan fingerprint density at radius 3 is 2.59 bits per heavy atom. The van der Waals surface area contributed by atoms with E-state index in [1.54, 1.807) is 12.2 Å². The van der Waals surface area contributed by atoms with Gasteiger partial charge in [-0.3, -0.25) is 4.79 Å². The standard InChI is InChI=1S/C14H17NO2/c1-2-3-4-5-14(17)15-13-8-6-12(7-9-13)10-11-16/h2-9,16H,10-11H2,1H3,(H,15,17)/b3-2+,5-4+. The van der Waals surface area contributed by atoms with Crippen LogP contribution in [0, 0.1) is 0 Å². The molecule has 0 unspecified atom stereocenters. The number of carbonyl (C=O) groups is 1. The number of benzene rings is 1. The molecule has 0 aliphatic carbocycles. The first-order chi connectivity index (χ1) is 8.26. The van der Waals surface area contributed by atoms with Crippen LogP contribution in [-0.2, 0) is 11.2 Å². The van der Waals surface area contributed by atoms with Crippen LogP contribution in [0.1, 0.15) is 12.5 Å². The summed E-state index contributed by atoms with van der Waals surface area (Å²) in [6.07, 6.45) is 7.45. The average Bonchev–Trinajstić information content (AvgIpc) is 2.32. The van der Waals surface area contributed by atoms with Crippen molar-refractivity contribution in [1.82, 2.24) is 0 Å². The first-order valence-electron chi connectivity index (χ1n) is 5.56. The van der Waals surface area contributed by atoms with Gasteiger partial charge < -0.3 is 10.4 Å². The lowest BCUT2D eigenvalue weighted by Crippen LogP contribution is -2.07. The van der Waals surface area contributed by atoms with Crippen molar-refractivity contribution < 1.29 is 9.90 Å². The molecule has 1 rings (SSSR count). The zero-order chi connectivity index (χ0) is 12.5. The van der Waals surface area contributed by atoms with Crippen molar-refractivity contribution >= 4 is 11.6 Å². The van der Waals surface area contributed by atoms with Crippen molar-refractivity contribution in [2.24, 2.45) is 0 Å². The van der Waals surface area contributed by atoms with E-state index in [0.29, 0.717) is 6.42 Å². The summed E-state index contributed by atoms with van der Waals surface area (Å²) in [6.45, 7) is 2.03. The van der Waals surface area contributed by atoms with E-state index in [4.69, 9.17) is 5.11 Å². The molecule has 0 spiro atoms. The Kier molecular flexibility index (Phi) is 5.75. The fraction of sp³-hybridized carbons (Fsp3) is 0.214. The maximum atomic E-state index is 11.4. The van der Waals surface area contributed by atoms with Gasteiger partial charge in [-0.1, -0.05) is 30.4 Å². The molecular formula is C14H17NO2. The van der Waals surface area contributed by atoms with Crippen LogP contribution < -0.4 is 5.32 Å². The summed E-state index contributed by atoms with van der Waals surface area (Å²) in [5.74, 6) is -0.155. The zero-order valence-corrected chi connectivity index (χ0v) is 9.89. The van der Waals surface area contributed by atoms with Gasteiger partial charge in [0.1, 0.15) is 0 Å². The Bertz CT molecular complexity index is 405. The monoisotopic (exact) mass is 231 g/mol. The number of anilines is 1. The van der Waals surface area contributed by atoms with E-state index in [1.807, 2.05) is 37.3 Å². The third-order valence-corrected chi connectivity index (χ3v) is 2.17. The van der Waals surface area contributed by atoms with Crippen LogP contribution in [0.3, 0.4) is 0 Å². The minimum Gasteiger partial charge on any atom is -0.396 e. The molecule has 0 saturated heterocycles. The van der Waals surface area contributed by atoms with Crippen LogP contribution in [-0.4, -0.2) is 17.6 Å². The fourth-order valence-corrected chi connectivity index (χ4v) is 1.32. The number of hydrogen-bond acceptors (Lipinski definition) is 2. The smallest absolute Gasteiger partial charge is 0.248 e. The second kappa shape index (κ2) is 7.41. The molecule has 0 fully saturated rings. The molecule has 0 aliphatic heterocycles. The van der Waals surface area contributed by atoms with E-state index in [0.717, 1.165) is 11.3 Å². The molecule has 90 valence electrons. The molecule has 0 atom stereocenters. The van der Waals surface area contributed by atoms with Crippen LogP contribution in [0.25, 0.3) is 0 Å². The van der Waals surface area contributed by atoms with Gasteiger partial charge >= 0.3 is 0 Å². The summed E-state index contributed by atoms with van der Waals surface area (Å²) in [7, 11) is 0. The second-order valence-electron chi connectivity index (χ2n) is 3.54. The van der Waals surface area contributed by atoms with Crippen LogP contribution in [0.15, 0.2) is 48.6 Å². The summed E-state index contributed by atoms with van der Waals surface area (Å²) in [4.78, 5) is 11.4. The number of aliphatic hydroxyl groups is 1. The Morgan fingerprint density at radius 2 is 2.00 bits per heavy atom. The molecular weight excluding hydrogens is 214 g/mol. The van der Waals surface area contributed by atoms with Gasteiger partial charge in [-0.05, 0) is 31.0 Å². The number of hydrogen-bond donors (Lipinski definition) is 2. The molecule has 0 bridgehead atoms. The molecule has 0 aromatic heterocycles. The van der Waals surface area contributed by atoms with Crippen LogP contribution >= 0.6 is 0 Å². The predicted octanol–water partition coefficient (Wildman–Crippen LogP) is 2.29. The molecule has 3 heteroatoms. The molecule has 0 saturated carbocycles. The Labute approximate surface area is 101 Å². The van der Waals surface area contributed by atoms with E-state index < -0.39 is 0 Å². The molecule has 1 aromatic carbocycles. The third-order valence-electron chi connectivity index (χ3n) is 2.17. The Balaban J connectivity index is 2.54. The summed E-state index contributed by atoms with van der Waals surface area (Å²) in [5.41, 5.74) is 1.80. The third kappa shape index (κ3) is 5.13. The predicted molar refractivity (Wildman–Crippen MR) is 69.8 cm³/mol. The summed E-state index contributed by atoms with van der Waals surface area (Å²) >= 11 is 0. The number of aliphatic hydroxyl groups excluding tert-OH is 1. The zero-order valence-electron chi connectivity index (χ0n) is 9.89. The minimum absolute atomic E-state index is 0.137. The Hall–Kier alpha value is -1.87. The van der Waals surface area contributed by atoms with Gasteiger partial charge in [0, 0.05) is 18.4 Å². The molecule has 0 heterocycles. The van der Waals surface area contributed by atoms with Gasteiger partial charge in [-0.2, -0.15) is 0 Å². The fourth-order valence-electron chi connectivity index (χ4n) is 1.32. The summed E-state index contributed by atoms with van der Waals surface area (Å²) in [6, 6.07) is 7.43.